The lowest BCUT2D eigenvalue weighted by Crippen LogP contribution is -2.66. The molecule has 2 aromatic carbocycles. The molecule has 15 nitrogen and oxygen atoms in total. The Bertz CT molecular complexity index is 1630. The monoisotopic (exact) mass is 818 g/mol. The van der Waals surface area contributed by atoms with E-state index in [1.54, 1.807) is 6.92 Å². The van der Waals surface area contributed by atoms with Gasteiger partial charge in [0.25, 0.3) is 0 Å². The second-order valence-electron chi connectivity index (χ2n) is 15.8. The van der Waals surface area contributed by atoms with Crippen molar-refractivity contribution in [1.29, 1.82) is 0 Å². The molecule has 2 heterocycles. The molecule has 2 aliphatic heterocycles. The van der Waals surface area contributed by atoms with E-state index in [1.165, 1.54) is 13.8 Å². The van der Waals surface area contributed by atoms with E-state index in [9.17, 15) is 24.3 Å². The highest BCUT2D eigenvalue weighted by Crippen LogP contribution is 2.38. The molecule has 1 N–H and O–H groups in total. The summed E-state index contributed by atoms with van der Waals surface area (Å²) in [5.41, 5.74) is 1.98. The first-order valence-electron chi connectivity index (χ1n) is 19.1. The zero-order chi connectivity index (χ0) is 42.1. The van der Waals surface area contributed by atoms with Crippen molar-refractivity contribution in [3.8, 4) is 5.75 Å². The van der Waals surface area contributed by atoms with Gasteiger partial charge in [-0.3, -0.25) is 19.2 Å². The smallest absolute Gasteiger partial charge is 0.303 e. The number of hydrogen-bond acceptors (Lipinski definition) is 15. The fraction of sp³-hybridized carbons (Fsp3) is 0.610. The van der Waals surface area contributed by atoms with E-state index in [4.69, 9.17) is 47.1 Å². The highest BCUT2D eigenvalue weighted by Gasteiger charge is 2.56. The maximum atomic E-state index is 12.6. The van der Waals surface area contributed by atoms with Gasteiger partial charge in [-0.15, -0.1) is 0 Å². The average molecular weight is 819 g/mol. The number of hydrogen-bond donors (Lipinski definition) is 1. The SMILES string of the molecule is CC(=O)O[C@@H]1[C@@H](OC(C)=O)[C@H](C)O[C@@H](O[C@H]2[C@H](O)[C@@H](CO[Si](C)(C)C(C)(C)C)O[C@@H](OCCc3ccc(OCc4ccccc4)cc3)[C@@H]2OC(C)=O)[C@@H]1OC(C)=O. The molecule has 0 saturated carbocycles. The molecular formula is C41H58O15Si. The van der Waals surface area contributed by atoms with Gasteiger partial charge in [0.15, 0.2) is 45.3 Å². The number of rotatable bonds is 16. The molecule has 10 atom stereocenters. The van der Waals surface area contributed by atoms with E-state index in [0.717, 1.165) is 25.0 Å². The minimum absolute atomic E-state index is 0.0610. The summed E-state index contributed by atoms with van der Waals surface area (Å²) in [7, 11) is -2.37. The second-order valence-corrected chi connectivity index (χ2v) is 20.6. The maximum absolute atomic E-state index is 12.6. The Morgan fingerprint density at radius 2 is 1.25 bits per heavy atom. The van der Waals surface area contributed by atoms with Gasteiger partial charge in [0.2, 0.25) is 0 Å². The van der Waals surface area contributed by atoms with Gasteiger partial charge in [0.05, 0.1) is 19.3 Å². The van der Waals surface area contributed by atoms with Crippen molar-refractivity contribution in [2.24, 2.45) is 0 Å². The highest BCUT2D eigenvalue weighted by atomic mass is 28.4. The molecule has 2 aliphatic rings. The van der Waals surface area contributed by atoms with Gasteiger partial charge in [-0.1, -0.05) is 63.2 Å². The highest BCUT2D eigenvalue weighted by molar-refractivity contribution is 6.74. The summed E-state index contributed by atoms with van der Waals surface area (Å²) in [4.78, 5) is 49.4. The lowest BCUT2D eigenvalue weighted by molar-refractivity contribution is -0.358. The summed E-state index contributed by atoms with van der Waals surface area (Å²) in [5, 5.41) is 11.8. The number of benzene rings is 2. The fourth-order valence-corrected chi connectivity index (χ4v) is 7.18. The predicted octanol–water partition coefficient (Wildman–Crippen LogP) is 4.79. The lowest BCUT2D eigenvalue weighted by atomic mass is 9.96. The summed E-state index contributed by atoms with van der Waals surface area (Å²) in [6.07, 6.45) is -12.7. The largest absolute Gasteiger partial charge is 0.489 e. The molecule has 0 aliphatic carbocycles. The maximum Gasteiger partial charge on any atom is 0.303 e. The molecule has 0 spiro atoms. The van der Waals surface area contributed by atoms with Crippen LogP contribution in [0.25, 0.3) is 0 Å². The number of esters is 4. The Balaban J connectivity index is 1.60. The third kappa shape index (κ3) is 13.0. The van der Waals surface area contributed by atoms with Crippen LogP contribution in [0.15, 0.2) is 54.6 Å². The van der Waals surface area contributed by atoms with Gasteiger partial charge in [0.1, 0.15) is 30.7 Å². The average Bonchev–Trinajstić information content (AvgIpc) is 3.12. The fourth-order valence-electron chi connectivity index (χ4n) is 6.16. The van der Waals surface area contributed by atoms with Gasteiger partial charge < -0.3 is 52.2 Å². The normalized spacial score (nSPS) is 27.8. The lowest BCUT2D eigenvalue weighted by Gasteiger charge is -2.48. The first-order chi connectivity index (χ1) is 26.7. The van der Waals surface area contributed by atoms with Crippen LogP contribution in [0.1, 0.15) is 66.5 Å². The van der Waals surface area contributed by atoms with Gasteiger partial charge in [0, 0.05) is 27.7 Å². The van der Waals surface area contributed by atoms with Crippen molar-refractivity contribution in [2.45, 2.75) is 148 Å². The third-order valence-electron chi connectivity index (χ3n) is 10.1. The van der Waals surface area contributed by atoms with Crippen LogP contribution in [0.5, 0.6) is 5.75 Å². The third-order valence-corrected chi connectivity index (χ3v) is 14.6. The molecule has 16 heteroatoms. The van der Waals surface area contributed by atoms with E-state index in [-0.39, 0.29) is 18.3 Å². The first kappa shape index (κ1) is 45.8. The van der Waals surface area contributed by atoms with Crippen LogP contribution in [-0.4, -0.2) is 112 Å². The van der Waals surface area contributed by atoms with E-state index < -0.39 is 93.6 Å². The Hall–Kier alpha value is -3.90. The van der Waals surface area contributed by atoms with E-state index in [2.05, 4.69) is 33.9 Å². The zero-order valence-corrected chi connectivity index (χ0v) is 35.5. The molecule has 2 saturated heterocycles. The minimum atomic E-state index is -2.37. The standard InChI is InChI=1S/C41H58O15Si/c1-24-34(51-25(2)42)36(52-26(3)43)38(54-28(5)45)40(50-24)56-35-33(46)32(23-49-57(9,10)41(6,7)8)55-39(37(35)53-27(4)44)47-21-20-29-16-18-31(19-17-29)48-22-30-14-12-11-13-15-30/h11-19,24,32-40,46H,20-23H2,1-10H3/t24-,32+,33+,34-,35-,36+,37+,38+,39+,40-/m0/s1. The number of ether oxygens (including phenoxy) is 9. The Morgan fingerprint density at radius 3 is 1.81 bits per heavy atom. The summed E-state index contributed by atoms with van der Waals surface area (Å²) in [6.45, 7) is 17.0. The minimum Gasteiger partial charge on any atom is -0.489 e. The summed E-state index contributed by atoms with van der Waals surface area (Å²) < 4.78 is 59.8. The Morgan fingerprint density at radius 1 is 0.702 bits per heavy atom. The molecule has 0 amide bonds. The van der Waals surface area contributed by atoms with E-state index >= 15 is 0 Å². The number of aliphatic hydroxyl groups is 1. The van der Waals surface area contributed by atoms with Gasteiger partial charge in [-0.05, 0) is 54.7 Å². The van der Waals surface area contributed by atoms with Crippen molar-refractivity contribution in [3.05, 3.63) is 65.7 Å². The number of carbonyl (C=O) groups excluding carboxylic acids is 4. The van der Waals surface area contributed by atoms with Crippen LogP contribution in [0.4, 0.5) is 0 Å². The summed E-state index contributed by atoms with van der Waals surface area (Å²) in [5.74, 6) is -2.25. The quantitative estimate of drug-likeness (QED) is 0.139. The van der Waals surface area contributed by atoms with Crippen molar-refractivity contribution < 1.29 is 71.3 Å². The molecule has 0 bridgehead atoms. The molecule has 0 radical (unpaired) electrons. The van der Waals surface area contributed by atoms with Gasteiger partial charge in [-0.25, -0.2) is 0 Å². The molecule has 316 valence electrons. The van der Waals surface area contributed by atoms with Crippen molar-refractivity contribution in [2.75, 3.05) is 13.2 Å². The predicted molar refractivity (Wildman–Crippen MR) is 206 cm³/mol. The van der Waals surface area contributed by atoms with Crippen LogP contribution in [-0.2, 0) is 74.5 Å². The van der Waals surface area contributed by atoms with Crippen LogP contribution in [0, 0.1) is 0 Å². The number of aliphatic hydroxyl groups excluding tert-OH is 1. The summed E-state index contributed by atoms with van der Waals surface area (Å²) >= 11 is 0. The molecule has 0 unspecified atom stereocenters. The first-order valence-corrected chi connectivity index (χ1v) is 22.0. The van der Waals surface area contributed by atoms with Gasteiger partial charge in [-0.2, -0.15) is 0 Å². The zero-order valence-electron chi connectivity index (χ0n) is 34.5. The topological polar surface area (TPSA) is 181 Å². The number of carbonyl (C=O) groups is 4. The van der Waals surface area contributed by atoms with Crippen LogP contribution < -0.4 is 4.74 Å². The molecule has 0 aromatic heterocycles. The molecule has 2 fully saturated rings. The van der Waals surface area contributed by atoms with E-state index in [0.29, 0.717) is 18.8 Å². The molecular weight excluding hydrogens is 761 g/mol. The van der Waals surface area contributed by atoms with Crippen LogP contribution in [0.2, 0.25) is 18.1 Å². The van der Waals surface area contributed by atoms with Crippen molar-refractivity contribution >= 4 is 32.2 Å². The van der Waals surface area contributed by atoms with Crippen molar-refractivity contribution in [3.63, 3.8) is 0 Å². The van der Waals surface area contributed by atoms with E-state index in [1.807, 2.05) is 54.6 Å². The van der Waals surface area contributed by atoms with Crippen LogP contribution >= 0.6 is 0 Å². The Labute approximate surface area is 335 Å². The Kier molecular flexibility index (Phi) is 16.2. The molecule has 57 heavy (non-hydrogen) atoms. The molecule has 4 rings (SSSR count). The van der Waals surface area contributed by atoms with Crippen molar-refractivity contribution in [1.82, 2.24) is 0 Å². The molecule has 2 aromatic rings. The van der Waals surface area contributed by atoms with Gasteiger partial charge >= 0.3 is 23.9 Å². The second kappa shape index (κ2) is 20.2. The summed E-state index contributed by atoms with van der Waals surface area (Å²) in [6, 6.07) is 17.4. The van der Waals surface area contributed by atoms with Crippen LogP contribution in [0.3, 0.4) is 0 Å².